The van der Waals surface area contributed by atoms with Crippen molar-refractivity contribution in [2.75, 3.05) is 26.5 Å². The minimum absolute atomic E-state index is 0.126. The van der Waals surface area contributed by atoms with E-state index in [1.54, 1.807) is 4.90 Å². The number of nitrogens with zero attached hydrogens (tertiary/aromatic N) is 2. The van der Waals surface area contributed by atoms with E-state index < -0.39 is 5.97 Å². The second kappa shape index (κ2) is 9.64. The van der Waals surface area contributed by atoms with Gasteiger partial charge in [0, 0.05) is 18.5 Å². The molecule has 184 valence electrons. The van der Waals surface area contributed by atoms with Gasteiger partial charge in [-0.2, -0.15) is 0 Å². The van der Waals surface area contributed by atoms with Crippen LogP contribution in [0.3, 0.4) is 0 Å². The zero-order valence-corrected chi connectivity index (χ0v) is 20.1. The number of benzene rings is 2. The number of likely N-dealkylation sites (tertiary alicyclic amines) is 1. The number of hydrogen-bond acceptors (Lipinski definition) is 6. The van der Waals surface area contributed by atoms with Crippen LogP contribution < -0.4 is 9.47 Å². The predicted molar refractivity (Wildman–Crippen MR) is 136 cm³/mol. The summed E-state index contributed by atoms with van der Waals surface area (Å²) >= 11 is 0. The molecule has 2 aromatic carbocycles. The summed E-state index contributed by atoms with van der Waals surface area (Å²) in [6.45, 7) is 1.47. The van der Waals surface area contributed by atoms with Gasteiger partial charge in [0.1, 0.15) is 0 Å². The van der Waals surface area contributed by atoms with Gasteiger partial charge in [-0.15, -0.1) is 0 Å². The average Bonchev–Trinajstić information content (AvgIpc) is 3.39. The molecule has 0 saturated carbocycles. The van der Waals surface area contributed by atoms with Crippen molar-refractivity contribution in [2.24, 2.45) is 0 Å². The molecule has 0 N–H and O–H groups in total. The van der Waals surface area contributed by atoms with E-state index in [-0.39, 0.29) is 19.3 Å². The Hall–Kier alpha value is -3.87. The van der Waals surface area contributed by atoms with Crippen molar-refractivity contribution in [3.63, 3.8) is 0 Å². The number of rotatable bonds is 4. The number of para-hydroxylation sites is 1. The molecule has 2 aliphatic heterocycles. The zero-order valence-electron chi connectivity index (χ0n) is 20.1. The molecule has 0 radical (unpaired) electrons. The number of piperidine rings is 1. The largest absolute Gasteiger partial charge is 0.454 e. The van der Waals surface area contributed by atoms with Crippen LogP contribution in [0.1, 0.15) is 59.3 Å². The van der Waals surface area contributed by atoms with Crippen molar-refractivity contribution in [1.82, 2.24) is 9.88 Å². The third-order valence-electron chi connectivity index (χ3n) is 7.15. The number of esters is 1. The Labute approximate surface area is 209 Å². The molecule has 1 amide bonds. The summed E-state index contributed by atoms with van der Waals surface area (Å²) in [6.07, 6.45) is 7.74. The quantitative estimate of drug-likeness (QED) is 0.485. The average molecular weight is 485 g/mol. The molecule has 0 atom stereocenters. The Bertz CT molecular complexity index is 1370. The molecule has 0 spiro atoms. The van der Waals surface area contributed by atoms with Gasteiger partial charge in [0.25, 0.3) is 5.91 Å². The van der Waals surface area contributed by atoms with E-state index >= 15 is 0 Å². The summed E-state index contributed by atoms with van der Waals surface area (Å²) in [5.74, 6) is 0.891. The summed E-state index contributed by atoms with van der Waals surface area (Å²) < 4.78 is 16.6. The van der Waals surface area contributed by atoms with E-state index in [1.807, 2.05) is 42.5 Å². The Kier molecular flexibility index (Phi) is 6.05. The molecule has 36 heavy (non-hydrogen) atoms. The first kappa shape index (κ1) is 22.6. The number of ether oxygens (including phenoxy) is 3. The standard InChI is InChI=1S/C29H28N2O5/c32-26(31-13-4-1-5-14-31)17-34-29(33)27-21-8-2-3-10-23(21)30-28-20(7-6-9-22(27)28)15-19-11-12-24-25(16-19)36-18-35-24/h2-3,8,10-12,15-16H,1,4-7,9,13-14,17-18H2. The lowest BCUT2D eigenvalue weighted by atomic mass is 9.86. The maximum Gasteiger partial charge on any atom is 0.339 e. The number of hydrogen-bond donors (Lipinski definition) is 0. The summed E-state index contributed by atoms with van der Waals surface area (Å²) in [4.78, 5) is 32.8. The fraction of sp³-hybridized carbons (Fsp3) is 0.345. The second-order valence-electron chi connectivity index (χ2n) is 9.48. The SMILES string of the molecule is O=C(OCC(=O)N1CCCCC1)c1c2c(nc3ccccc13)C(=Cc1ccc3c(c1)OCO3)CCC2. The maximum absolute atomic E-state index is 13.4. The van der Waals surface area contributed by atoms with E-state index in [9.17, 15) is 9.59 Å². The normalized spacial score (nSPS) is 17.8. The van der Waals surface area contributed by atoms with Gasteiger partial charge in [-0.1, -0.05) is 24.3 Å². The van der Waals surface area contributed by atoms with Crippen LogP contribution in [0.4, 0.5) is 0 Å². The van der Waals surface area contributed by atoms with E-state index in [1.165, 1.54) is 0 Å². The number of pyridine rings is 1. The van der Waals surface area contributed by atoms with Crippen LogP contribution in [-0.4, -0.2) is 48.2 Å². The highest BCUT2D eigenvalue weighted by Gasteiger charge is 2.27. The van der Waals surface area contributed by atoms with Crippen LogP contribution in [0.5, 0.6) is 11.5 Å². The molecule has 1 saturated heterocycles. The van der Waals surface area contributed by atoms with Crippen molar-refractivity contribution in [3.05, 3.63) is 64.8 Å². The second-order valence-corrected chi connectivity index (χ2v) is 9.48. The van der Waals surface area contributed by atoms with E-state index in [4.69, 9.17) is 19.2 Å². The minimum atomic E-state index is -0.459. The van der Waals surface area contributed by atoms with Crippen molar-refractivity contribution >= 4 is 34.4 Å². The van der Waals surface area contributed by atoms with E-state index in [0.29, 0.717) is 5.56 Å². The third kappa shape index (κ3) is 4.30. The van der Waals surface area contributed by atoms with E-state index in [2.05, 4.69) is 6.08 Å². The fourth-order valence-electron chi connectivity index (χ4n) is 5.35. The van der Waals surface area contributed by atoms with Crippen LogP contribution in [0.2, 0.25) is 0 Å². The van der Waals surface area contributed by atoms with Crippen LogP contribution in [0.25, 0.3) is 22.6 Å². The van der Waals surface area contributed by atoms with Gasteiger partial charge in [-0.3, -0.25) is 4.79 Å². The number of carbonyl (C=O) groups is 2. The van der Waals surface area contributed by atoms with Crippen molar-refractivity contribution in [1.29, 1.82) is 0 Å². The zero-order chi connectivity index (χ0) is 24.5. The lowest BCUT2D eigenvalue weighted by Gasteiger charge is -2.26. The topological polar surface area (TPSA) is 78.0 Å². The molecule has 3 heterocycles. The number of carbonyl (C=O) groups excluding carboxylic acids is 2. The highest BCUT2D eigenvalue weighted by molar-refractivity contribution is 6.07. The molecule has 7 nitrogen and oxygen atoms in total. The Morgan fingerprint density at radius 2 is 1.81 bits per heavy atom. The molecule has 6 rings (SSSR count). The Morgan fingerprint density at radius 3 is 2.69 bits per heavy atom. The monoisotopic (exact) mass is 484 g/mol. The number of allylic oxidation sites excluding steroid dienone is 1. The molecular formula is C29H28N2O5. The van der Waals surface area contributed by atoms with Crippen molar-refractivity contribution in [3.8, 4) is 11.5 Å². The van der Waals surface area contributed by atoms with E-state index in [0.717, 1.165) is 96.4 Å². The maximum atomic E-state index is 13.4. The lowest BCUT2D eigenvalue weighted by Crippen LogP contribution is -2.38. The highest BCUT2D eigenvalue weighted by atomic mass is 16.7. The van der Waals surface area contributed by atoms with Crippen LogP contribution in [0, 0.1) is 0 Å². The summed E-state index contributed by atoms with van der Waals surface area (Å²) in [7, 11) is 0. The predicted octanol–water partition coefficient (Wildman–Crippen LogP) is 5.01. The molecule has 1 aromatic heterocycles. The highest BCUT2D eigenvalue weighted by Crippen LogP contribution is 2.38. The van der Waals surface area contributed by atoms with Crippen molar-refractivity contribution < 1.29 is 23.8 Å². The molecule has 1 fully saturated rings. The molecule has 1 aliphatic carbocycles. The van der Waals surface area contributed by atoms with Crippen LogP contribution >= 0.6 is 0 Å². The molecule has 0 bridgehead atoms. The number of amides is 1. The Balaban J connectivity index is 1.34. The smallest absolute Gasteiger partial charge is 0.339 e. The molecule has 0 unspecified atom stereocenters. The summed E-state index contributed by atoms with van der Waals surface area (Å²) in [5, 5.41) is 0.760. The summed E-state index contributed by atoms with van der Waals surface area (Å²) in [6, 6.07) is 13.5. The van der Waals surface area contributed by atoms with Gasteiger partial charge in [-0.25, -0.2) is 9.78 Å². The summed E-state index contributed by atoms with van der Waals surface area (Å²) in [5.41, 5.74) is 5.05. The van der Waals surface area contributed by atoms with Gasteiger partial charge < -0.3 is 19.1 Å². The molecule has 3 aromatic rings. The van der Waals surface area contributed by atoms with Crippen LogP contribution in [-0.2, 0) is 16.0 Å². The first-order valence-corrected chi connectivity index (χ1v) is 12.6. The van der Waals surface area contributed by atoms with Crippen LogP contribution in [0.15, 0.2) is 42.5 Å². The minimum Gasteiger partial charge on any atom is -0.454 e. The van der Waals surface area contributed by atoms with Gasteiger partial charge in [-0.05, 0) is 79.5 Å². The lowest BCUT2D eigenvalue weighted by molar-refractivity contribution is -0.135. The molecular weight excluding hydrogens is 456 g/mol. The van der Waals surface area contributed by atoms with Gasteiger partial charge in [0.2, 0.25) is 6.79 Å². The third-order valence-corrected chi connectivity index (χ3v) is 7.15. The fourth-order valence-corrected chi connectivity index (χ4v) is 5.35. The van der Waals surface area contributed by atoms with Gasteiger partial charge in [0.15, 0.2) is 18.1 Å². The molecule has 7 heteroatoms. The van der Waals surface area contributed by atoms with Gasteiger partial charge in [0.05, 0.1) is 16.8 Å². The number of aromatic nitrogens is 1. The van der Waals surface area contributed by atoms with Crippen molar-refractivity contribution in [2.45, 2.75) is 38.5 Å². The Morgan fingerprint density at radius 1 is 0.972 bits per heavy atom. The number of fused-ring (bicyclic) bond motifs is 3. The molecule has 3 aliphatic rings. The first-order valence-electron chi connectivity index (χ1n) is 12.6. The van der Waals surface area contributed by atoms with Gasteiger partial charge >= 0.3 is 5.97 Å². The first-order chi connectivity index (χ1) is 17.7.